The second-order valence-electron chi connectivity index (χ2n) is 6.23. The number of pyridine rings is 1. The van der Waals surface area contributed by atoms with Crippen molar-refractivity contribution in [1.82, 2.24) is 4.98 Å². The van der Waals surface area contributed by atoms with Crippen LogP contribution in [0.15, 0.2) is 48.2 Å². The van der Waals surface area contributed by atoms with Crippen molar-refractivity contribution in [3.8, 4) is 0 Å². The first kappa shape index (κ1) is 16.8. The zero-order chi connectivity index (χ0) is 18.0. The number of benzene rings is 1. The lowest BCUT2D eigenvalue weighted by atomic mass is 9.77. The van der Waals surface area contributed by atoms with Gasteiger partial charge in [-0.25, -0.2) is 0 Å². The molecular weight excluding hydrogens is 320 g/mol. The van der Waals surface area contributed by atoms with E-state index in [1.165, 1.54) is 13.2 Å². The fourth-order valence-corrected chi connectivity index (χ4v) is 2.96. The van der Waals surface area contributed by atoms with Gasteiger partial charge >= 0.3 is 5.97 Å². The highest BCUT2D eigenvalue weighted by Gasteiger charge is 2.39. The average molecular weight is 338 g/mol. The van der Waals surface area contributed by atoms with Crippen LogP contribution in [0.1, 0.15) is 19.8 Å². The zero-order valence-electron chi connectivity index (χ0n) is 14.0. The molecule has 1 amide bonds. The Hall–Kier alpha value is -3.02. The molecule has 1 aliphatic rings. The van der Waals surface area contributed by atoms with Crippen molar-refractivity contribution in [2.24, 2.45) is 5.41 Å². The predicted molar refractivity (Wildman–Crippen MR) is 92.8 cm³/mol. The molecule has 0 bridgehead atoms. The molecule has 0 saturated carbocycles. The molecule has 25 heavy (non-hydrogen) atoms. The Labute approximate surface area is 144 Å². The molecule has 0 fully saturated rings. The summed E-state index contributed by atoms with van der Waals surface area (Å²) in [4.78, 5) is 41.1. The number of aromatic nitrogens is 1. The Morgan fingerprint density at radius 3 is 2.76 bits per heavy atom. The summed E-state index contributed by atoms with van der Waals surface area (Å²) in [7, 11) is 1.29. The summed E-state index contributed by atoms with van der Waals surface area (Å²) in [5.74, 6) is -1.29. The molecule has 1 atom stereocenters. The smallest absolute Gasteiger partial charge is 0.315 e. The van der Waals surface area contributed by atoms with Crippen LogP contribution in [0.25, 0.3) is 10.9 Å². The van der Waals surface area contributed by atoms with Crippen LogP contribution in [0.3, 0.4) is 0 Å². The molecule has 1 aromatic carbocycles. The lowest BCUT2D eigenvalue weighted by molar-refractivity contribution is -0.149. The molecule has 1 heterocycles. The number of esters is 1. The Kier molecular flexibility index (Phi) is 4.35. The maximum atomic E-state index is 12.6. The van der Waals surface area contributed by atoms with Gasteiger partial charge in [-0.2, -0.15) is 0 Å². The molecule has 0 unspecified atom stereocenters. The van der Waals surface area contributed by atoms with Gasteiger partial charge in [0.15, 0.2) is 5.78 Å². The number of ketones is 1. The first-order valence-corrected chi connectivity index (χ1v) is 7.94. The van der Waals surface area contributed by atoms with Gasteiger partial charge in [-0.3, -0.25) is 19.4 Å². The van der Waals surface area contributed by atoms with Gasteiger partial charge in [-0.05, 0) is 25.5 Å². The molecule has 3 rings (SSSR count). The Bertz CT molecular complexity index is 898. The average Bonchev–Trinajstić information content (AvgIpc) is 2.63. The second kappa shape index (κ2) is 6.47. The van der Waals surface area contributed by atoms with Crippen molar-refractivity contribution >= 4 is 34.3 Å². The Morgan fingerprint density at radius 1 is 1.24 bits per heavy atom. The Balaban J connectivity index is 1.94. The number of methoxy groups -OCH3 is 1. The standard InChI is InChI=1S/C19H18N2O4/c1-19(18(24)25-2)9-8-15(22)13(11-19)17(23)21-14-7-3-5-12-6-4-10-20-16(12)14/h3-7,10-11H,8-9H2,1-2H3,(H,21,23)/t19-/m1/s1. The maximum Gasteiger partial charge on any atom is 0.315 e. The van der Waals surface area contributed by atoms with E-state index in [9.17, 15) is 14.4 Å². The molecule has 0 spiro atoms. The van der Waals surface area contributed by atoms with Crippen LogP contribution in [-0.4, -0.2) is 29.8 Å². The number of amides is 1. The SMILES string of the molecule is COC(=O)[C@@]1(C)C=C(C(=O)Nc2cccc3cccnc23)C(=O)CC1. The number of ether oxygens (including phenoxy) is 1. The van der Waals surface area contributed by atoms with E-state index in [0.717, 1.165) is 5.39 Å². The Morgan fingerprint density at radius 2 is 2.00 bits per heavy atom. The van der Waals surface area contributed by atoms with Gasteiger partial charge in [-0.1, -0.05) is 24.3 Å². The number of nitrogens with one attached hydrogen (secondary N) is 1. The number of carbonyl (C=O) groups is 3. The highest BCUT2D eigenvalue weighted by Crippen LogP contribution is 2.34. The molecule has 1 aromatic heterocycles. The highest BCUT2D eigenvalue weighted by molar-refractivity contribution is 6.25. The number of para-hydroxylation sites is 1. The minimum Gasteiger partial charge on any atom is -0.468 e. The molecule has 1 aliphatic carbocycles. The van der Waals surface area contributed by atoms with E-state index in [1.54, 1.807) is 25.3 Å². The number of fused-ring (bicyclic) bond motifs is 1. The number of nitrogens with zero attached hydrogens (tertiary/aromatic N) is 1. The van der Waals surface area contributed by atoms with Gasteiger partial charge in [0.05, 0.1) is 29.3 Å². The summed E-state index contributed by atoms with van der Waals surface area (Å²) in [6.45, 7) is 1.66. The van der Waals surface area contributed by atoms with Gasteiger partial charge in [0, 0.05) is 18.0 Å². The number of hydrogen-bond donors (Lipinski definition) is 1. The topological polar surface area (TPSA) is 85.4 Å². The van der Waals surface area contributed by atoms with E-state index in [2.05, 4.69) is 10.3 Å². The minimum atomic E-state index is -0.980. The van der Waals surface area contributed by atoms with Crippen LogP contribution < -0.4 is 5.32 Å². The first-order valence-electron chi connectivity index (χ1n) is 7.94. The van der Waals surface area contributed by atoms with Crippen LogP contribution in [-0.2, 0) is 19.1 Å². The summed E-state index contributed by atoms with van der Waals surface area (Å²) in [6.07, 6.45) is 3.50. The van der Waals surface area contributed by atoms with Gasteiger partial charge < -0.3 is 10.1 Å². The normalized spacial score (nSPS) is 20.1. The van der Waals surface area contributed by atoms with Gasteiger partial charge in [0.1, 0.15) is 0 Å². The molecule has 6 heteroatoms. The molecule has 6 nitrogen and oxygen atoms in total. The van der Waals surface area contributed by atoms with E-state index in [0.29, 0.717) is 17.6 Å². The van der Waals surface area contributed by atoms with Crippen molar-refractivity contribution in [2.45, 2.75) is 19.8 Å². The van der Waals surface area contributed by atoms with E-state index in [-0.39, 0.29) is 17.8 Å². The van der Waals surface area contributed by atoms with Crippen LogP contribution in [0, 0.1) is 5.41 Å². The van der Waals surface area contributed by atoms with Crippen molar-refractivity contribution in [2.75, 3.05) is 12.4 Å². The van der Waals surface area contributed by atoms with Crippen LogP contribution in [0.2, 0.25) is 0 Å². The molecular formula is C19H18N2O4. The van der Waals surface area contributed by atoms with Crippen molar-refractivity contribution < 1.29 is 19.1 Å². The largest absolute Gasteiger partial charge is 0.468 e. The van der Waals surface area contributed by atoms with Gasteiger partial charge in [0.2, 0.25) is 0 Å². The van der Waals surface area contributed by atoms with Crippen LogP contribution >= 0.6 is 0 Å². The van der Waals surface area contributed by atoms with Crippen molar-refractivity contribution in [1.29, 1.82) is 0 Å². The van der Waals surface area contributed by atoms with Crippen molar-refractivity contribution in [3.05, 3.63) is 48.2 Å². The summed E-state index contributed by atoms with van der Waals surface area (Å²) in [6, 6.07) is 9.10. The van der Waals surface area contributed by atoms with Gasteiger partial charge in [0.25, 0.3) is 5.91 Å². The van der Waals surface area contributed by atoms with E-state index >= 15 is 0 Å². The second-order valence-corrected chi connectivity index (χ2v) is 6.23. The monoisotopic (exact) mass is 338 g/mol. The summed E-state index contributed by atoms with van der Waals surface area (Å²) >= 11 is 0. The number of carbonyl (C=O) groups excluding carboxylic acids is 3. The van der Waals surface area contributed by atoms with Crippen LogP contribution in [0.4, 0.5) is 5.69 Å². The zero-order valence-corrected chi connectivity index (χ0v) is 14.0. The third-order valence-electron chi connectivity index (χ3n) is 4.41. The molecule has 1 N–H and O–H groups in total. The maximum absolute atomic E-state index is 12.6. The van der Waals surface area contributed by atoms with E-state index < -0.39 is 17.3 Å². The quantitative estimate of drug-likeness (QED) is 0.687. The fraction of sp³-hybridized carbons (Fsp3) is 0.263. The number of hydrogen-bond acceptors (Lipinski definition) is 5. The summed E-state index contributed by atoms with van der Waals surface area (Å²) < 4.78 is 4.80. The lowest BCUT2D eigenvalue weighted by Gasteiger charge is -2.27. The van der Waals surface area contributed by atoms with Crippen molar-refractivity contribution in [3.63, 3.8) is 0 Å². The fourth-order valence-electron chi connectivity index (χ4n) is 2.96. The number of Topliss-reactive ketones (excluding diaryl/α,β-unsaturated/α-hetero) is 1. The van der Waals surface area contributed by atoms with E-state index in [1.807, 2.05) is 18.2 Å². The molecule has 0 radical (unpaired) electrons. The third-order valence-corrected chi connectivity index (χ3v) is 4.41. The van der Waals surface area contributed by atoms with Gasteiger partial charge in [-0.15, -0.1) is 0 Å². The molecule has 128 valence electrons. The summed E-state index contributed by atoms with van der Waals surface area (Å²) in [5.41, 5.74) is 0.152. The predicted octanol–water partition coefficient (Wildman–Crippen LogP) is 2.64. The first-order chi connectivity index (χ1) is 11.9. The molecule has 0 aliphatic heterocycles. The third kappa shape index (κ3) is 3.15. The van der Waals surface area contributed by atoms with Crippen LogP contribution in [0.5, 0.6) is 0 Å². The summed E-state index contributed by atoms with van der Waals surface area (Å²) in [5, 5.41) is 3.62. The highest BCUT2D eigenvalue weighted by atomic mass is 16.5. The number of anilines is 1. The molecule has 0 saturated heterocycles. The lowest BCUT2D eigenvalue weighted by Crippen LogP contribution is -2.35. The van der Waals surface area contributed by atoms with E-state index in [4.69, 9.17) is 4.74 Å². The molecule has 2 aromatic rings. The number of rotatable bonds is 3. The minimum absolute atomic E-state index is 0.0212.